The summed E-state index contributed by atoms with van der Waals surface area (Å²) in [7, 11) is 1.40. The monoisotopic (exact) mass is 344 g/mol. The molecular formula is C18H17FN2O2S. The Kier molecular flexibility index (Phi) is 4.49. The highest BCUT2D eigenvalue weighted by atomic mass is 32.1. The second kappa shape index (κ2) is 6.57. The summed E-state index contributed by atoms with van der Waals surface area (Å²) in [5.74, 6) is -0.543. The van der Waals surface area contributed by atoms with E-state index < -0.39 is 5.82 Å². The molecule has 0 fully saturated rings. The number of rotatable bonds is 4. The molecule has 0 unspecified atom stereocenters. The second-order valence-corrected chi connectivity index (χ2v) is 6.67. The number of hydrogen-bond acceptors (Lipinski definition) is 4. The number of nitrogens with one attached hydrogen (secondary N) is 1. The Labute approximate surface area is 143 Å². The standard InChI is InChI=1S/C18H17FN2O2S/c1-10-6-11(2)17-15(7-10)24-18(21-17)20-16(22)9-12-4-5-14(23-3)13(19)8-12/h4-8H,9H2,1-3H3,(H,20,21,22). The molecule has 3 rings (SSSR count). The van der Waals surface area contributed by atoms with Crippen LogP contribution in [0.2, 0.25) is 0 Å². The number of ether oxygens (including phenoxy) is 1. The number of nitrogens with zero attached hydrogens (tertiary/aromatic N) is 1. The van der Waals surface area contributed by atoms with Crippen molar-refractivity contribution in [1.82, 2.24) is 4.98 Å². The van der Waals surface area contributed by atoms with Gasteiger partial charge in [-0.2, -0.15) is 0 Å². The van der Waals surface area contributed by atoms with Gasteiger partial charge in [-0.1, -0.05) is 23.5 Å². The number of halogens is 1. The number of aromatic nitrogens is 1. The van der Waals surface area contributed by atoms with E-state index in [1.807, 2.05) is 13.8 Å². The van der Waals surface area contributed by atoms with Gasteiger partial charge in [0.2, 0.25) is 5.91 Å². The topological polar surface area (TPSA) is 51.2 Å². The van der Waals surface area contributed by atoms with Crippen molar-refractivity contribution in [3.05, 3.63) is 52.8 Å². The van der Waals surface area contributed by atoms with Crippen LogP contribution in [-0.4, -0.2) is 18.0 Å². The number of fused-ring (bicyclic) bond motifs is 1. The molecule has 3 aromatic rings. The van der Waals surface area contributed by atoms with Crippen LogP contribution >= 0.6 is 11.3 Å². The fourth-order valence-electron chi connectivity index (χ4n) is 2.59. The fraction of sp³-hybridized carbons (Fsp3) is 0.222. The molecule has 0 saturated carbocycles. The Hall–Kier alpha value is -2.47. The van der Waals surface area contributed by atoms with Crippen LogP contribution in [-0.2, 0) is 11.2 Å². The lowest BCUT2D eigenvalue weighted by molar-refractivity contribution is -0.115. The summed E-state index contributed by atoms with van der Waals surface area (Å²) < 4.78 is 19.6. The van der Waals surface area contributed by atoms with Crippen LogP contribution in [0.4, 0.5) is 9.52 Å². The molecule has 4 nitrogen and oxygen atoms in total. The van der Waals surface area contributed by atoms with Gasteiger partial charge in [-0.15, -0.1) is 0 Å². The smallest absolute Gasteiger partial charge is 0.230 e. The molecule has 1 N–H and O–H groups in total. The number of anilines is 1. The minimum Gasteiger partial charge on any atom is -0.494 e. The van der Waals surface area contributed by atoms with E-state index in [2.05, 4.69) is 22.4 Å². The lowest BCUT2D eigenvalue weighted by Gasteiger charge is -2.05. The number of thiazole rings is 1. The Balaban J connectivity index is 1.75. The van der Waals surface area contributed by atoms with E-state index in [9.17, 15) is 9.18 Å². The molecule has 0 saturated heterocycles. The van der Waals surface area contributed by atoms with E-state index in [0.717, 1.165) is 21.3 Å². The van der Waals surface area contributed by atoms with Gasteiger partial charge in [-0.05, 0) is 48.7 Å². The molecule has 0 aliphatic rings. The fourth-order valence-corrected chi connectivity index (χ4v) is 3.65. The van der Waals surface area contributed by atoms with Crippen molar-refractivity contribution in [2.75, 3.05) is 12.4 Å². The number of methoxy groups -OCH3 is 1. The quantitative estimate of drug-likeness (QED) is 0.770. The number of carbonyl (C=O) groups excluding carboxylic acids is 1. The third kappa shape index (κ3) is 3.38. The molecule has 1 amide bonds. The molecule has 0 radical (unpaired) electrons. The van der Waals surface area contributed by atoms with Gasteiger partial charge in [0, 0.05) is 0 Å². The Morgan fingerprint density at radius 2 is 2.08 bits per heavy atom. The summed E-state index contributed by atoms with van der Waals surface area (Å²) in [5.41, 5.74) is 3.73. The zero-order chi connectivity index (χ0) is 17.3. The summed E-state index contributed by atoms with van der Waals surface area (Å²) in [6.45, 7) is 4.03. The summed E-state index contributed by atoms with van der Waals surface area (Å²) in [4.78, 5) is 16.7. The predicted octanol–water partition coefficient (Wildman–Crippen LogP) is 4.24. The molecule has 1 heterocycles. The molecule has 0 aliphatic carbocycles. The zero-order valence-electron chi connectivity index (χ0n) is 13.6. The van der Waals surface area contributed by atoms with Crippen LogP contribution in [0.3, 0.4) is 0 Å². The summed E-state index contributed by atoms with van der Waals surface area (Å²) in [6.07, 6.45) is 0.0782. The maximum Gasteiger partial charge on any atom is 0.230 e. The van der Waals surface area contributed by atoms with Crippen LogP contribution in [0.5, 0.6) is 5.75 Å². The maximum atomic E-state index is 13.7. The van der Waals surface area contributed by atoms with Crippen LogP contribution in [0.1, 0.15) is 16.7 Å². The zero-order valence-corrected chi connectivity index (χ0v) is 14.5. The SMILES string of the molecule is COc1ccc(CC(=O)Nc2nc3c(C)cc(C)cc3s2)cc1F. The lowest BCUT2D eigenvalue weighted by atomic mass is 10.1. The summed E-state index contributed by atoms with van der Waals surface area (Å²) in [6, 6.07) is 8.61. The van der Waals surface area contributed by atoms with Gasteiger partial charge in [-0.25, -0.2) is 9.37 Å². The first kappa shape index (κ1) is 16.4. The number of carbonyl (C=O) groups is 1. The van der Waals surface area contributed by atoms with E-state index in [0.29, 0.717) is 10.7 Å². The Bertz CT molecular complexity index is 921. The third-order valence-corrected chi connectivity index (χ3v) is 4.57. The van der Waals surface area contributed by atoms with Gasteiger partial charge in [0.1, 0.15) is 0 Å². The highest BCUT2D eigenvalue weighted by Gasteiger charge is 2.12. The van der Waals surface area contributed by atoms with E-state index in [1.54, 1.807) is 6.07 Å². The van der Waals surface area contributed by atoms with Crippen molar-refractivity contribution >= 4 is 32.6 Å². The van der Waals surface area contributed by atoms with Crippen molar-refractivity contribution in [3.63, 3.8) is 0 Å². The van der Waals surface area contributed by atoms with Crippen LogP contribution in [0, 0.1) is 19.7 Å². The molecule has 124 valence electrons. The lowest BCUT2D eigenvalue weighted by Crippen LogP contribution is -2.14. The predicted molar refractivity (Wildman–Crippen MR) is 94.4 cm³/mol. The van der Waals surface area contributed by atoms with Gasteiger partial charge in [-0.3, -0.25) is 4.79 Å². The van der Waals surface area contributed by atoms with Crippen molar-refractivity contribution in [2.24, 2.45) is 0 Å². The van der Waals surface area contributed by atoms with Gasteiger partial charge < -0.3 is 10.1 Å². The van der Waals surface area contributed by atoms with Crippen molar-refractivity contribution in [2.45, 2.75) is 20.3 Å². The molecule has 2 aromatic carbocycles. The van der Waals surface area contributed by atoms with E-state index in [-0.39, 0.29) is 18.1 Å². The highest BCUT2D eigenvalue weighted by Crippen LogP contribution is 2.29. The van der Waals surface area contributed by atoms with Crippen molar-refractivity contribution in [1.29, 1.82) is 0 Å². The van der Waals surface area contributed by atoms with Crippen LogP contribution in [0.25, 0.3) is 10.2 Å². The first-order valence-corrected chi connectivity index (χ1v) is 8.28. The molecule has 0 aliphatic heterocycles. The van der Waals surface area contributed by atoms with Crippen molar-refractivity contribution in [3.8, 4) is 5.75 Å². The normalized spacial score (nSPS) is 10.8. The molecule has 24 heavy (non-hydrogen) atoms. The molecule has 0 spiro atoms. The average Bonchev–Trinajstić information content (AvgIpc) is 2.89. The highest BCUT2D eigenvalue weighted by molar-refractivity contribution is 7.22. The molecule has 0 atom stereocenters. The van der Waals surface area contributed by atoms with Gasteiger partial charge in [0.15, 0.2) is 16.7 Å². The summed E-state index contributed by atoms with van der Waals surface area (Å²) >= 11 is 1.44. The van der Waals surface area contributed by atoms with E-state index >= 15 is 0 Å². The first-order chi connectivity index (χ1) is 11.5. The third-order valence-electron chi connectivity index (χ3n) is 3.66. The molecule has 0 bridgehead atoms. The summed E-state index contributed by atoms with van der Waals surface area (Å²) in [5, 5.41) is 3.34. The van der Waals surface area contributed by atoms with Crippen LogP contribution in [0.15, 0.2) is 30.3 Å². The molecule has 1 aromatic heterocycles. The number of amides is 1. The first-order valence-electron chi connectivity index (χ1n) is 7.46. The van der Waals surface area contributed by atoms with Gasteiger partial charge >= 0.3 is 0 Å². The van der Waals surface area contributed by atoms with Gasteiger partial charge in [0.05, 0.1) is 23.7 Å². The number of hydrogen-bond donors (Lipinski definition) is 1. The van der Waals surface area contributed by atoms with Gasteiger partial charge in [0.25, 0.3) is 0 Å². The maximum absolute atomic E-state index is 13.7. The van der Waals surface area contributed by atoms with Crippen LogP contribution < -0.4 is 10.1 Å². The second-order valence-electron chi connectivity index (χ2n) is 5.64. The Morgan fingerprint density at radius 1 is 1.29 bits per heavy atom. The van der Waals surface area contributed by atoms with E-state index in [1.165, 1.54) is 30.6 Å². The number of aryl methyl sites for hydroxylation is 2. The number of benzene rings is 2. The molecule has 6 heteroatoms. The average molecular weight is 344 g/mol. The Morgan fingerprint density at radius 3 is 2.79 bits per heavy atom. The minimum atomic E-state index is -0.478. The minimum absolute atomic E-state index is 0.0782. The van der Waals surface area contributed by atoms with Crippen molar-refractivity contribution < 1.29 is 13.9 Å². The largest absolute Gasteiger partial charge is 0.494 e. The molecular weight excluding hydrogens is 327 g/mol. The van der Waals surface area contributed by atoms with E-state index in [4.69, 9.17) is 4.74 Å².